The molecule has 0 aliphatic carbocycles. The van der Waals surface area contributed by atoms with Crippen LogP contribution in [0.4, 0.5) is 0 Å². The fourth-order valence-electron chi connectivity index (χ4n) is 1.77. The van der Waals surface area contributed by atoms with E-state index in [1.807, 2.05) is 12.1 Å². The maximum absolute atomic E-state index is 11.5. The van der Waals surface area contributed by atoms with Crippen LogP contribution in [-0.2, 0) is 21.7 Å². The van der Waals surface area contributed by atoms with Crippen molar-refractivity contribution in [3.05, 3.63) is 53.5 Å². The lowest BCUT2D eigenvalue weighted by atomic mass is 10.2. The Hall–Kier alpha value is -2.21. The number of methoxy groups -OCH3 is 1. The second-order valence-corrected chi connectivity index (χ2v) is 5.30. The van der Waals surface area contributed by atoms with Crippen molar-refractivity contribution in [2.24, 2.45) is 0 Å². The second-order valence-electron chi connectivity index (χ2n) is 4.25. The van der Waals surface area contributed by atoms with Crippen molar-refractivity contribution >= 4 is 23.7 Å². The van der Waals surface area contributed by atoms with E-state index in [0.29, 0.717) is 17.1 Å². The number of hydrogen-bond acceptors (Lipinski definition) is 5. The molecule has 1 aromatic heterocycles. The van der Waals surface area contributed by atoms with Crippen LogP contribution >= 0.6 is 11.8 Å². The topological polar surface area (TPSA) is 76.7 Å². The van der Waals surface area contributed by atoms with Gasteiger partial charge >= 0.3 is 11.9 Å². The van der Waals surface area contributed by atoms with Gasteiger partial charge in [-0.05, 0) is 23.8 Å². The van der Waals surface area contributed by atoms with Gasteiger partial charge in [0.05, 0.1) is 25.5 Å². The van der Waals surface area contributed by atoms with Crippen LogP contribution in [0.25, 0.3) is 0 Å². The number of rotatable bonds is 6. The van der Waals surface area contributed by atoms with Crippen molar-refractivity contribution in [3.63, 3.8) is 0 Å². The largest absolute Gasteiger partial charge is 0.481 e. The van der Waals surface area contributed by atoms with Gasteiger partial charge in [0.25, 0.3) is 0 Å². The van der Waals surface area contributed by atoms with Crippen molar-refractivity contribution in [2.45, 2.75) is 17.1 Å². The van der Waals surface area contributed by atoms with Crippen LogP contribution in [0.15, 0.2) is 45.9 Å². The Kier molecular flexibility index (Phi) is 5.05. The Balaban J connectivity index is 1.98. The monoisotopic (exact) mass is 306 g/mol. The van der Waals surface area contributed by atoms with Crippen LogP contribution in [0.2, 0.25) is 0 Å². The van der Waals surface area contributed by atoms with Gasteiger partial charge in [0.15, 0.2) is 0 Å². The molecule has 1 N–H and O–H groups in total. The van der Waals surface area contributed by atoms with E-state index in [4.69, 9.17) is 9.52 Å². The van der Waals surface area contributed by atoms with Gasteiger partial charge < -0.3 is 14.3 Å². The van der Waals surface area contributed by atoms with Gasteiger partial charge in [-0.3, -0.25) is 4.79 Å². The smallest absolute Gasteiger partial charge is 0.341 e. The molecule has 0 unspecified atom stereocenters. The number of esters is 1. The quantitative estimate of drug-likeness (QED) is 0.653. The van der Waals surface area contributed by atoms with Crippen molar-refractivity contribution in [3.8, 4) is 0 Å². The van der Waals surface area contributed by atoms with E-state index in [-0.39, 0.29) is 6.42 Å². The fourth-order valence-corrected chi connectivity index (χ4v) is 2.62. The molecule has 0 bridgehead atoms. The van der Waals surface area contributed by atoms with Crippen LogP contribution in [-0.4, -0.2) is 24.2 Å². The molecule has 0 saturated heterocycles. The standard InChI is InChI=1S/C15H14O5S/c1-19-15(18)12-6-7-20-13(12)9-21-11-4-2-10(3-5-11)8-14(16)17/h2-7H,8-9H2,1H3,(H,16,17). The number of benzene rings is 1. The number of aliphatic carboxylic acids is 1. The van der Waals surface area contributed by atoms with Crippen LogP contribution in [0.5, 0.6) is 0 Å². The molecule has 0 amide bonds. The zero-order chi connectivity index (χ0) is 15.2. The first kappa shape index (κ1) is 15.2. The highest BCUT2D eigenvalue weighted by Gasteiger charge is 2.15. The lowest BCUT2D eigenvalue weighted by Crippen LogP contribution is -2.02. The molecule has 0 atom stereocenters. The first-order valence-electron chi connectivity index (χ1n) is 6.18. The minimum atomic E-state index is -0.853. The van der Waals surface area contributed by atoms with E-state index in [1.165, 1.54) is 25.1 Å². The van der Waals surface area contributed by atoms with Gasteiger partial charge in [-0.2, -0.15) is 0 Å². The number of carbonyl (C=O) groups excluding carboxylic acids is 1. The molecular formula is C15H14O5S. The molecule has 0 fully saturated rings. The minimum Gasteiger partial charge on any atom is -0.481 e. The van der Waals surface area contributed by atoms with Gasteiger partial charge in [-0.1, -0.05) is 12.1 Å². The van der Waals surface area contributed by atoms with Crippen LogP contribution in [0.1, 0.15) is 21.7 Å². The van der Waals surface area contributed by atoms with E-state index in [2.05, 4.69) is 4.74 Å². The highest BCUT2D eigenvalue weighted by atomic mass is 32.2. The molecule has 0 spiro atoms. The zero-order valence-corrected chi connectivity index (χ0v) is 12.2. The summed E-state index contributed by atoms with van der Waals surface area (Å²) in [6, 6.07) is 8.84. The molecule has 21 heavy (non-hydrogen) atoms. The number of thioether (sulfide) groups is 1. The summed E-state index contributed by atoms with van der Waals surface area (Å²) >= 11 is 1.50. The van der Waals surface area contributed by atoms with Crippen LogP contribution in [0.3, 0.4) is 0 Å². The first-order valence-corrected chi connectivity index (χ1v) is 7.17. The Morgan fingerprint density at radius 3 is 2.57 bits per heavy atom. The molecule has 0 aliphatic rings. The molecule has 0 saturated carbocycles. The molecule has 6 heteroatoms. The highest BCUT2D eigenvalue weighted by molar-refractivity contribution is 7.98. The summed E-state index contributed by atoms with van der Waals surface area (Å²) < 4.78 is 9.96. The number of hydrogen-bond donors (Lipinski definition) is 1. The molecule has 5 nitrogen and oxygen atoms in total. The van der Waals surface area contributed by atoms with E-state index in [9.17, 15) is 9.59 Å². The van der Waals surface area contributed by atoms with Gasteiger partial charge in [0.1, 0.15) is 11.3 Å². The molecule has 0 aliphatic heterocycles. The Labute approximate surface area is 125 Å². The third kappa shape index (κ3) is 4.13. The lowest BCUT2D eigenvalue weighted by Gasteiger charge is -2.03. The number of carboxylic acid groups (broad SMARTS) is 1. The van der Waals surface area contributed by atoms with Crippen LogP contribution < -0.4 is 0 Å². The molecule has 110 valence electrons. The molecular weight excluding hydrogens is 292 g/mol. The van der Waals surface area contributed by atoms with E-state index >= 15 is 0 Å². The molecule has 2 rings (SSSR count). The molecule has 0 radical (unpaired) electrons. The normalized spacial score (nSPS) is 10.3. The Morgan fingerprint density at radius 1 is 1.24 bits per heavy atom. The second kappa shape index (κ2) is 6.99. The summed E-state index contributed by atoms with van der Waals surface area (Å²) in [6.07, 6.45) is 1.47. The molecule has 1 heterocycles. The first-order chi connectivity index (χ1) is 10.1. The average Bonchev–Trinajstić information content (AvgIpc) is 2.93. The number of carboxylic acids is 1. The summed E-state index contributed by atoms with van der Waals surface area (Å²) in [5.74, 6) is -0.221. The van der Waals surface area contributed by atoms with Gasteiger partial charge in [-0.15, -0.1) is 11.8 Å². The SMILES string of the molecule is COC(=O)c1ccoc1CSc1ccc(CC(=O)O)cc1. The summed E-state index contributed by atoms with van der Waals surface area (Å²) in [7, 11) is 1.33. The maximum Gasteiger partial charge on any atom is 0.341 e. The summed E-state index contributed by atoms with van der Waals surface area (Å²) in [6.45, 7) is 0. The lowest BCUT2D eigenvalue weighted by molar-refractivity contribution is -0.136. The number of carbonyl (C=O) groups is 2. The zero-order valence-electron chi connectivity index (χ0n) is 11.4. The minimum absolute atomic E-state index is 0.00954. The van der Waals surface area contributed by atoms with Gasteiger partial charge in [0, 0.05) is 4.90 Å². The third-order valence-corrected chi connectivity index (χ3v) is 3.81. The summed E-state index contributed by atoms with van der Waals surface area (Å²) in [5, 5.41) is 8.71. The molecule has 2 aromatic rings. The van der Waals surface area contributed by atoms with E-state index in [0.717, 1.165) is 10.5 Å². The van der Waals surface area contributed by atoms with Crippen molar-refractivity contribution in [1.82, 2.24) is 0 Å². The predicted molar refractivity (Wildman–Crippen MR) is 77.4 cm³/mol. The van der Waals surface area contributed by atoms with Gasteiger partial charge in [-0.25, -0.2) is 4.79 Å². The Bertz CT molecular complexity index is 630. The van der Waals surface area contributed by atoms with Crippen molar-refractivity contribution in [1.29, 1.82) is 0 Å². The predicted octanol–water partition coefficient (Wildman–Crippen LogP) is 2.99. The maximum atomic E-state index is 11.5. The van der Waals surface area contributed by atoms with Crippen LogP contribution in [0, 0.1) is 0 Å². The van der Waals surface area contributed by atoms with Crippen molar-refractivity contribution < 1.29 is 23.8 Å². The highest BCUT2D eigenvalue weighted by Crippen LogP contribution is 2.25. The summed E-state index contributed by atoms with van der Waals surface area (Å²) in [4.78, 5) is 23.1. The number of ether oxygens (including phenoxy) is 1. The summed E-state index contributed by atoms with van der Waals surface area (Å²) in [5.41, 5.74) is 1.17. The Morgan fingerprint density at radius 2 is 1.95 bits per heavy atom. The van der Waals surface area contributed by atoms with E-state index in [1.54, 1.807) is 18.2 Å². The average molecular weight is 306 g/mol. The number of furan rings is 1. The fraction of sp³-hybridized carbons (Fsp3) is 0.200. The van der Waals surface area contributed by atoms with Gasteiger partial charge in [0.2, 0.25) is 0 Å². The molecule has 1 aromatic carbocycles. The van der Waals surface area contributed by atoms with E-state index < -0.39 is 11.9 Å². The third-order valence-electron chi connectivity index (χ3n) is 2.80. The van der Waals surface area contributed by atoms with Crippen molar-refractivity contribution in [2.75, 3.05) is 7.11 Å².